The van der Waals surface area contributed by atoms with Crippen molar-refractivity contribution in [3.8, 4) is 67.1 Å². The predicted molar refractivity (Wildman–Crippen MR) is 216 cm³/mol. The molecule has 0 amide bonds. The molecule has 0 aromatic heterocycles. The van der Waals surface area contributed by atoms with E-state index in [4.69, 9.17) is 4.74 Å². The minimum absolute atomic E-state index is 0.241. The van der Waals surface area contributed by atoms with Crippen LogP contribution in [-0.2, 0) is 0 Å². The molecule has 8 aromatic carbocycles. The summed E-state index contributed by atoms with van der Waals surface area (Å²) in [5.41, 5.74) is 17.9. The van der Waals surface area contributed by atoms with E-state index in [0.717, 1.165) is 45.3 Å². The Hall–Kier alpha value is -6.64. The number of benzene rings is 8. The molecule has 2 aliphatic rings. The van der Waals surface area contributed by atoms with Crippen LogP contribution < -0.4 is 9.64 Å². The molecule has 1 atom stereocenters. The predicted octanol–water partition coefficient (Wildman–Crippen LogP) is 14.1. The van der Waals surface area contributed by atoms with Gasteiger partial charge in [-0.3, -0.25) is 0 Å². The zero-order valence-electron chi connectivity index (χ0n) is 28.8. The van der Waals surface area contributed by atoms with Crippen molar-refractivity contribution in [2.75, 3.05) is 4.90 Å². The minimum Gasteiger partial charge on any atom is -0.456 e. The van der Waals surface area contributed by atoms with E-state index in [9.17, 15) is 0 Å². The highest BCUT2D eigenvalue weighted by Gasteiger charge is 2.27. The molecule has 246 valence electrons. The van der Waals surface area contributed by atoms with Gasteiger partial charge in [0.15, 0.2) is 0 Å². The second-order valence-electron chi connectivity index (χ2n) is 13.7. The van der Waals surface area contributed by atoms with E-state index in [1.807, 2.05) is 6.07 Å². The van der Waals surface area contributed by atoms with E-state index in [0.29, 0.717) is 0 Å². The summed E-state index contributed by atoms with van der Waals surface area (Å²) in [6.07, 6.45) is 0. The third kappa shape index (κ3) is 4.95. The molecule has 0 saturated carbocycles. The van der Waals surface area contributed by atoms with Crippen molar-refractivity contribution in [3.63, 3.8) is 0 Å². The maximum atomic E-state index is 6.66. The van der Waals surface area contributed by atoms with Crippen molar-refractivity contribution < 1.29 is 4.74 Å². The lowest BCUT2D eigenvalue weighted by Gasteiger charge is -2.28. The van der Waals surface area contributed by atoms with E-state index in [-0.39, 0.29) is 5.92 Å². The van der Waals surface area contributed by atoms with Crippen molar-refractivity contribution >= 4 is 17.1 Å². The van der Waals surface area contributed by atoms with Gasteiger partial charge in [-0.05, 0) is 104 Å². The summed E-state index contributed by atoms with van der Waals surface area (Å²) >= 11 is 0. The number of anilines is 3. The molecule has 1 aliphatic heterocycles. The molecule has 0 fully saturated rings. The van der Waals surface area contributed by atoms with Crippen molar-refractivity contribution in [2.24, 2.45) is 0 Å². The third-order valence-corrected chi connectivity index (χ3v) is 10.7. The fourth-order valence-corrected chi connectivity index (χ4v) is 8.24. The Labute approximate surface area is 304 Å². The lowest BCUT2D eigenvalue weighted by Crippen LogP contribution is -2.11. The standard InChI is InChI=1S/C50H35NO/c1-33-39-18-5-6-19-41(39)42-20-7-9-22-44(42)47-31-37(26-28-40(33)47)51(36-17-13-16-35(30-36)34-14-3-2-4-15-34)38-27-29-50-48(32-38)45-23-10-8-21-43(45)46-24-11-12-25-49(46)52-50/h2-33H,1H3. The first-order chi connectivity index (χ1) is 25.7. The molecule has 1 aliphatic carbocycles. The molecule has 0 radical (unpaired) electrons. The molecule has 0 saturated heterocycles. The third-order valence-electron chi connectivity index (χ3n) is 10.7. The Kier molecular flexibility index (Phi) is 7.14. The second-order valence-corrected chi connectivity index (χ2v) is 13.7. The molecule has 1 unspecified atom stereocenters. The van der Waals surface area contributed by atoms with Gasteiger partial charge in [-0.2, -0.15) is 0 Å². The van der Waals surface area contributed by atoms with Crippen molar-refractivity contribution in [3.05, 3.63) is 199 Å². The van der Waals surface area contributed by atoms with Crippen LogP contribution in [0.1, 0.15) is 24.0 Å². The van der Waals surface area contributed by atoms with Crippen LogP contribution in [0.3, 0.4) is 0 Å². The molecular weight excluding hydrogens is 631 g/mol. The summed E-state index contributed by atoms with van der Waals surface area (Å²) in [6.45, 7) is 2.34. The van der Waals surface area contributed by atoms with Gasteiger partial charge in [0.25, 0.3) is 0 Å². The number of hydrogen-bond donors (Lipinski definition) is 0. The maximum absolute atomic E-state index is 6.66. The first kappa shape index (κ1) is 30.2. The molecule has 0 spiro atoms. The molecule has 0 bridgehead atoms. The van der Waals surface area contributed by atoms with E-state index >= 15 is 0 Å². The van der Waals surface area contributed by atoms with Gasteiger partial charge in [0.2, 0.25) is 0 Å². The maximum Gasteiger partial charge on any atom is 0.135 e. The smallest absolute Gasteiger partial charge is 0.135 e. The monoisotopic (exact) mass is 665 g/mol. The van der Waals surface area contributed by atoms with Gasteiger partial charge < -0.3 is 9.64 Å². The molecular formula is C50H35NO. The first-order valence-corrected chi connectivity index (χ1v) is 18.0. The molecule has 1 heterocycles. The number of rotatable bonds is 4. The summed E-state index contributed by atoms with van der Waals surface area (Å²) in [7, 11) is 0. The fraction of sp³-hybridized carbons (Fsp3) is 0.0400. The molecule has 10 rings (SSSR count). The fourth-order valence-electron chi connectivity index (χ4n) is 8.24. The van der Waals surface area contributed by atoms with Gasteiger partial charge in [0.05, 0.1) is 0 Å². The van der Waals surface area contributed by atoms with Crippen LogP contribution in [-0.4, -0.2) is 0 Å². The van der Waals surface area contributed by atoms with Gasteiger partial charge in [0, 0.05) is 34.1 Å². The van der Waals surface area contributed by atoms with Gasteiger partial charge in [0.1, 0.15) is 11.5 Å². The highest BCUT2D eigenvalue weighted by molar-refractivity contribution is 5.95. The van der Waals surface area contributed by atoms with E-state index in [1.165, 1.54) is 50.1 Å². The van der Waals surface area contributed by atoms with Crippen LogP contribution in [0.25, 0.3) is 55.6 Å². The minimum atomic E-state index is 0.241. The van der Waals surface area contributed by atoms with Crippen molar-refractivity contribution in [1.82, 2.24) is 0 Å². The normalized spacial score (nSPS) is 13.4. The number of nitrogens with zero attached hydrogens (tertiary/aromatic N) is 1. The quantitative estimate of drug-likeness (QED) is 0.185. The SMILES string of the molecule is CC1c2ccccc2-c2ccccc2-c2cc(N(c3cccc(-c4ccccc4)c3)c3ccc4c(c3)-c3ccccc3-c3ccccc3O4)ccc21. The van der Waals surface area contributed by atoms with Gasteiger partial charge in [-0.15, -0.1) is 0 Å². The summed E-state index contributed by atoms with van der Waals surface area (Å²) < 4.78 is 6.66. The van der Waals surface area contributed by atoms with Crippen molar-refractivity contribution in [2.45, 2.75) is 12.8 Å². The Morgan fingerprint density at radius 3 is 1.62 bits per heavy atom. The van der Waals surface area contributed by atoms with Crippen LogP contribution in [0.2, 0.25) is 0 Å². The zero-order valence-corrected chi connectivity index (χ0v) is 28.8. The number of fused-ring (bicyclic) bond motifs is 10. The highest BCUT2D eigenvalue weighted by Crippen LogP contribution is 2.51. The average Bonchev–Trinajstić information content (AvgIpc) is 3.42. The van der Waals surface area contributed by atoms with Crippen LogP contribution in [0.4, 0.5) is 17.1 Å². The molecule has 2 heteroatoms. The summed E-state index contributed by atoms with van der Waals surface area (Å²) in [6, 6.07) is 67.9. The summed E-state index contributed by atoms with van der Waals surface area (Å²) in [5.74, 6) is 1.96. The Bertz CT molecular complexity index is 2640. The van der Waals surface area contributed by atoms with Crippen LogP contribution in [0, 0.1) is 0 Å². The Morgan fingerprint density at radius 1 is 0.346 bits per heavy atom. The molecule has 52 heavy (non-hydrogen) atoms. The summed E-state index contributed by atoms with van der Waals surface area (Å²) in [4.78, 5) is 2.40. The van der Waals surface area contributed by atoms with Gasteiger partial charge in [-0.1, -0.05) is 146 Å². The number of hydrogen-bond acceptors (Lipinski definition) is 2. The molecule has 2 nitrogen and oxygen atoms in total. The van der Waals surface area contributed by atoms with Gasteiger partial charge in [-0.25, -0.2) is 0 Å². The Morgan fingerprint density at radius 2 is 0.846 bits per heavy atom. The number of ether oxygens (including phenoxy) is 1. The Balaban J connectivity index is 1.20. The zero-order chi connectivity index (χ0) is 34.6. The van der Waals surface area contributed by atoms with Gasteiger partial charge >= 0.3 is 0 Å². The number of para-hydroxylation sites is 1. The van der Waals surface area contributed by atoms with Crippen LogP contribution in [0.15, 0.2) is 188 Å². The van der Waals surface area contributed by atoms with E-state index < -0.39 is 0 Å². The van der Waals surface area contributed by atoms with E-state index in [2.05, 4.69) is 194 Å². The second kappa shape index (κ2) is 12.3. The molecule has 0 N–H and O–H groups in total. The largest absolute Gasteiger partial charge is 0.456 e. The lowest BCUT2D eigenvalue weighted by atomic mass is 9.88. The van der Waals surface area contributed by atoms with Crippen molar-refractivity contribution in [1.29, 1.82) is 0 Å². The van der Waals surface area contributed by atoms with E-state index in [1.54, 1.807) is 0 Å². The van der Waals surface area contributed by atoms with Crippen LogP contribution >= 0.6 is 0 Å². The highest BCUT2D eigenvalue weighted by atomic mass is 16.5. The summed E-state index contributed by atoms with van der Waals surface area (Å²) in [5, 5.41) is 0. The van der Waals surface area contributed by atoms with Crippen LogP contribution in [0.5, 0.6) is 11.5 Å². The topological polar surface area (TPSA) is 12.5 Å². The average molecular weight is 666 g/mol. The lowest BCUT2D eigenvalue weighted by molar-refractivity contribution is 0.488. The first-order valence-electron chi connectivity index (χ1n) is 18.0. The molecule has 8 aromatic rings.